The lowest BCUT2D eigenvalue weighted by atomic mass is 10.1. The van der Waals surface area contributed by atoms with Crippen LogP contribution in [0.25, 0.3) is 5.76 Å². The molecule has 5 nitrogen and oxygen atoms in total. The third-order valence-electron chi connectivity index (χ3n) is 1.71. The number of nitro groups is 1. The summed E-state index contributed by atoms with van der Waals surface area (Å²) >= 11 is 0. The number of ketones is 1. The average Bonchev–Trinajstić information content (AvgIpc) is 2.17. The van der Waals surface area contributed by atoms with Gasteiger partial charge in [0, 0.05) is 23.8 Å². The van der Waals surface area contributed by atoms with Gasteiger partial charge in [0.2, 0.25) is 0 Å². The molecule has 1 N–H and O–H groups in total. The van der Waals surface area contributed by atoms with E-state index in [0.29, 0.717) is 5.56 Å². The lowest BCUT2D eigenvalue weighted by molar-refractivity contribution is -0.384. The Hall–Kier alpha value is -2.17. The van der Waals surface area contributed by atoms with Crippen molar-refractivity contribution in [2.45, 2.75) is 6.92 Å². The molecule has 0 aliphatic carbocycles. The lowest BCUT2D eigenvalue weighted by Gasteiger charge is -1.98. The molecule has 0 amide bonds. The number of non-ortho nitro benzene ring substituents is 1. The maximum Gasteiger partial charge on any atom is 0.269 e. The van der Waals surface area contributed by atoms with Gasteiger partial charge >= 0.3 is 0 Å². The van der Waals surface area contributed by atoms with Gasteiger partial charge in [-0.1, -0.05) is 0 Å². The zero-order chi connectivity index (χ0) is 11.4. The van der Waals surface area contributed by atoms with Crippen LogP contribution in [0.3, 0.4) is 0 Å². The van der Waals surface area contributed by atoms with Crippen LogP contribution >= 0.6 is 0 Å². The Morgan fingerprint density at radius 1 is 1.40 bits per heavy atom. The monoisotopic (exact) mass is 207 g/mol. The van der Waals surface area contributed by atoms with Gasteiger partial charge in [-0.2, -0.15) is 0 Å². The van der Waals surface area contributed by atoms with Crippen molar-refractivity contribution < 1.29 is 14.8 Å². The summed E-state index contributed by atoms with van der Waals surface area (Å²) in [7, 11) is 0. The van der Waals surface area contributed by atoms with Gasteiger partial charge in [0.15, 0.2) is 5.78 Å². The molecule has 0 saturated carbocycles. The summed E-state index contributed by atoms with van der Waals surface area (Å²) in [4.78, 5) is 20.5. The molecule has 0 fully saturated rings. The van der Waals surface area contributed by atoms with Gasteiger partial charge in [-0.05, 0) is 19.1 Å². The number of nitro benzene ring substituents is 1. The normalized spacial score (nSPS) is 11.1. The Balaban J connectivity index is 2.99. The second-order valence-electron chi connectivity index (χ2n) is 2.94. The molecule has 0 atom stereocenters. The second kappa shape index (κ2) is 4.36. The Bertz CT molecular complexity index is 420. The van der Waals surface area contributed by atoms with Crippen LogP contribution in [0.5, 0.6) is 0 Å². The standard InChI is InChI=1S/C10H9NO4/c1-7(12)6-10(13)8-2-4-9(5-3-8)11(14)15/h2-6,13H,1H3/b10-6+. The van der Waals surface area contributed by atoms with E-state index >= 15 is 0 Å². The number of aliphatic hydroxyl groups is 1. The fraction of sp³-hybridized carbons (Fsp3) is 0.100. The molecule has 1 rings (SSSR count). The molecule has 0 radical (unpaired) electrons. The number of hydrogen-bond acceptors (Lipinski definition) is 4. The summed E-state index contributed by atoms with van der Waals surface area (Å²) in [5.74, 6) is -0.483. The predicted octanol–water partition coefficient (Wildman–Crippen LogP) is 2.08. The average molecular weight is 207 g/mol. The quantitative estimate of drug-likeness (QED) is 0.356. The van der Waals surface area contributed by atoms with Crippen LogP contribution in [0.2, 0.25) is 0 Å². The van der Waals surface area contributed by atoms with E-state index in [1.54, 1.807) is 0 Å². The van der Waals surface area contributed by atoms with Crippen LogP contribution in [0.4, 0.5) is 5.69 Å². The SMILES string of the molecule is CC(=O)/C=C(/O)c1ccc([N+](=O)[O-])cc1. The van der Waals surface area contributed by atoms with E-state index in [4.69, 9.17) is 0 Å². The van der Waals surface area contributed by atoms with E-state index in [0.717, 1.165) is 6.08 Å². The van der Waals surface area contributed by atoms with Crippen molar-refractivity contribution in [3.05, 3.63) is 46.0 Å². The smallest absolute Gasteiger partial charge is 0.269 e. The summed E-state index contributed by atoms with van der Waals surface area (Å²) in [5.41, 5.74) is 0.310. The van der Waals surface area contributed by atoms with Crippen molar-refractivity contribution in [1.82, 2.24) is 0 Å². The number of carbonyl (C=O) groups excluding carboxylic acids is 1. The molecular weight excluding hydrogens is 198 g/mol. The fourth-order valence-electron chi connectivity index (χ4n) is 1.03. The van der Waals surface area contributed by atoms with Gasteiger partial charge in [0.25, 0.3) is 5.69 Å². The summed E-state index contributed by atoms with van der Waals surface area (Å²) in [5, 5.41) is 19.7. The first-order chi connectivity index (χ1) is 7.00. The molecule has 1 aromatic rings. The molecule has 0 unspecified atom stereocenters. The minimum absolute atomic E-state index is 0.0608. The first-order valence-corrected chi connectivity index (χ1v) is 4.17. The molecule has 0 aliphatic rings. The van der Waals surface area contributed by atoms with Crippen LogP contribution in [-0.4, -0.2) is 15.8 Å². The third kappa shape index (κ3) is 2.91. The van der Waals surface area contributed by atoms with Gasteiger partial charge in [0.05, 0.1) is 4.92 Å². The number of rotatable bonds is 3. The Morgan fingerprint density at radius 3 is 2.33 bits per heavy atom. The minimum atomic E-state index is -0.532. The molecule has 0 saturated heterocycles. The van der Waals surface area contributed by atoms with E-state index in [-0.39, 0.29) is 17.2 Å². The molecule has 15 heavy (non-hydrogen) atoms. The Labute approximate surface area is 85.8 Å². The summed E-state index contributed by atoms with van der Waals surface area (Å²) in [6, 6.07) is 5.29. The Kier molecular flexibility index (Phi) is 3.17. The molecular formula is C10H9NO4. The highest BCUT2D eigenvalue weighted by molar-refractivity contribution is 5.93. The maximum absolute atomic E-state index is 10.7. The molecule has 0 aromatic heterocycles. The maximum atomic E-state index is 10.7. The topological polar surface area (TPSA) is 80.4 Å². The van der Waals surface area contributed by atoms with Gasteiger partial charge in [-0.3, -0.25) is 14.9 Å². The largest absolute Gasteiger partial charge is 0.507 e. The van der Waals surface area contributed by atoms with Crippen LogP contribution in [0.1, 0.15) is 12.5 Å². The molecule has 0 aliphatic heterocycles. The Morgan fingerprint density at radius 2 is 1.93 bits per heavy atom. The van der Waals surface area contributed by atoms with E-state index < -0.39 is 4.92 Å². The lowest BCUT2D eigenvalue weighted by Crippen LogP contribution is -1.91. The third-order valence-corrected chi connectivity index (χ3v) is 1.71. The van der Waals surface area contributed by atoms with Crippen molar-refractivity contribution in [3.8, 4) is 0 Å². The second-order valence-corrected chi connectivity index (χ2v) is 2.94. The van der Waals surface area contributed by atoms with Crippen LogP contribution < -0.4 is 0 Å². The zero-order valence-corrected chi connectivity index (χ0v) is 8.01. The summed E-state index contributed by atoms with van der Waals surface area (Å²) < 4.78 is 0. The van der Waals surface area contributed by atoms with E-state index in [1.165, 1.54) is 31.2 Å². The number of carbonyl (C=O) groups is 1. The highest BCUT2D eigenvalue weighted by Crippen LogP contribution is 2.16. The number of allylic oxidation sites excluding steroid dienone is 1. The first-order valence-electron chi connectivity index (χ1n) is 4.17. The zero-order valence-electron chi connectivity index (χ0n) is 8.01. The highest BCUT2D eigenvalue weighted by Gasteiger charge is 2.06. The molecule has 0 heterocycles. The number of aliphatic hydroxyl groups excluding tert-OH is 1. The molecule has 5 heteroatoms. The summed E-state index contributed by atoms with van der Waals surface area (Å²) in [6.07, 6.45) is 1.06. The van der Waals surface area contributed by atoms with E-state index in [1.807, 2.05) is 0 Å². The van der Waals surface area contributed by atoms with E-state index in [2.05, 4.69) is 0 Å². The number of benzene rings is 1. The predicted molar refractivity (Wildman–Crippen MR) is 54.4 cm³/mol. The van der Waals surface area contributed by atoms with Gasteiger partial charge in [-0.15, -0.1) is 0 Å². The molecule has 0 bridgehead atoms. The van der Waals surface area contributed by atoms with Crippen LogP contribution in [0, 0.1) is 10.1 Å². The van der Waals surface area contributed by atoms with Gasteiger partial charge < -0.3 is 5.11 Å². The van der Waals surface area contributed by atoms with Crippen LogP contribution in [-0.2, 0) is 4.79 Å². The van der Waals surface area contributed by atoms with Crippen molar-refractivity contribution >= 4 is 17.2 Å². The van der Waals surface area contributed by atoms with Gasteiger partial charge in [-0.25, -0.2) is 0 Å². The van der Waals surface area contributed by atoms with Crippen molar-refractivity contribution in [2.75, 3.05) is 0 Å². The molecule has 1 aromatic carbocycles. The highest BCUT2D eigenvalue weighted by atomic mass is 16.6. The fourth-order valence-corrected chi connectivity index (χ4v) is 1.03. The van der Waals surface area contributed by atoms with Gasteiger partial charge in [0.1, 0.15) is 5.76 Å². The minimum Gasteiger partial charge on any atom is -0.507 e. The number of hydrogen-bond donors (Lipinski definition) is 1. The molecule has 78 valence electrons. The van der Waals surface area contributed by atoms with E-state index in [9.17, 15) is 20.0 Å². The number of nitrogens with zero attached hydrogens (tertiary/aromatic N) is 1. The summed E-state index contributed by atoms with van der Waals surface area (Å²) in [6.45, 7) is 1.31. The van der Waals surface area contributed by atoms with Crippen LogP contribution in [0.15, 0.2) is 30.3 Å². The molecule has 0 spiro atoms. The van der Waals surface area contributed by atoms with Crippen molar-refractivity contribution in [1.29, 1.82) is 0 Å². The first kappa shape index (κ1) is 10.9. The van der Waals surface area contributed by atoms with Crippen molar-refractivity contribution in [3.63, 3.8) is 0 Å². The van der Waals surface area contributed by atoms with Crippen molar-refractivity contribution in [2.24, 2.45) is 0 Å².